The van der Waals surface area contributed by atoms with Crippen LogP contribution >= 0.6 is 0 Å². The van der Waals surface area contributed by atoms with E-state index in [0.717, 1.165) is 22.1 Å². The van der Waals surface area contributed by atoms with Crippen molar-refractivity contribution < 1.29 is 22.5 Å². The first-order valence-corrected chi connectivity index (χ1v) is 13.0. The summed E-state index contributed by atoms with van der Waals surface area (Å²) in [5, 5.41) is 17.2. The molecule has 6 N–H and O–H groups in total. The lowest BCUT2D eigenvalue weighted by Gasteiger charge is -2.20. The van der Waals surface area contributed by atoms with E-state index in [2.05, 4.69) is 10.8 Å². The van der Waals surface area contributed by atoms with Gasteiger partial charge in [-0.2, -0.15) is 8.42 Å². The van der Waals surface area contributed by atoms with Crippen molar-refractivity contribution in [1.29, 1.82) is 5.41 Å². The molecule has 37 heavy (non-hydrogen) atoms. The van der Waals surface area contributed by atoms with Gasteiger partial charge in [0.1, 0.15) is 11.6 Å². The first-order valence-electron chi connectivity index (χ1n) is 11.4. The van der Waals surface area contributed by atoms with E-state index in [9.17, 15) is 13.2 Å². The van der Waals surface area contributed by atoms with Crippen molar-refractivity contribution in [1.82, 2.24) is 10.2 Å². The van der Waals surface area contributed by atoms with Crippen LogP contribution in [0, 0.1) is 12.3 Å². The first-order chi connectivity index (χ1) is 17.6. The zero-order valence-electron chi connectivity index (χ0n) is 20.2. The number of benzene rings is 3. The van der Waals surface area contributed by atoms with Gasteiger partial charge in [0.25, 0.3) is 16.1 Å². The number of amidine groups is 1. The Labute approximate surface area is 214 Å². The molecule has 0 fully saturated rings. The molecule has 11 heteroatoms. The summed E-state index contributed by atoms with van der Waals surface area (Å²) >= 11 is 0. The van der Waals surface area contributed by atoms with Gasteiger partial charge in [-0.15, -0.1) is 0 Å². The van der Waals surface area contributed by atoms with E-state index in [0.29, 0.717) is 29.0 Å². The highest BCUT2D eigenvalue weighted by atomic mass is 32.2. The van der Waals surface area contributed by atoms with Crippen molar-refractivity contribution in [3.63, 3.8) is 0 Å². The molecule has 1 atom stereocenters. The molecule has 0 saturated carbocycles. The van der Waals surface area contributed by atoms with Crippen molar-refractivity contribution >= 4 is 38.6 Å². The molecule has 192 valence electrons. The van der Waals surface area contributed by atoms with Gasteiger partial charge in [-0.25, -0.2) is 15.3 Å². The van der Waals surface area contributed by atoms with Gasteiger partial charge in [0.15, 0.2) is 11.6 Å². The number of hydroxylamine groups is 1. The van der Waals surface area contributed by atoms with Crippen molar-refractivity contribution in [2.75, 3.05) is 5.32 Å². The number of rotatable bonds is 9. The molecule has 3 aromatic carbocycles. The maximum absolute atomic E-state index is 13.0. The molecule has 0 radical (unpaired) electrons. The van der Waals surface area contributed by atoms with Crippen LogP contribution in [-0.2, 0) is 21.4 Å². The Bertz CT molecular complexity index is 1530. The van der Waals surface area contributed by atoms with Gasteiger partial charge in [-0.05, 0) is 78.6 Å². The lowest BCUT2D eigenvalue weighted by Crippen LogP contribution is -2.41. The highest BCUT2D eigenvalue weighted by Crippen LogP contribution is 2.30. The molecule has 0 bridgehead atoms. The van der Waals surface area contributed by atoms with Gasteiger partial charge in [0, 0.05) is 16.6 Å². The van der Waals surface area contributed by atoms with Crippen LogP contribution in [0.25, 0.3) is 11.0 Å². The molecule has 1 aromatic heterocycles. The number of nitrogens with one attached hydrogen (secondary N) is 4. The third kappa shape index (κ3) is 6.26. The largest absolute Gasteiger partial charge is 0.464 e. The SMILES string of the molecule is CCc1cc(C(Nc2ccc(C(=N)NOc3ccccc3)cc2)C(=O)NS(N)(=O)=O)cc2c(C)coc12. The number of amides is 1. The van der Waals surface area contributed by atoms with E-state index < -0.39 is 22.2 Å². The molecule has 4 aromatic rings. The van der Waals surface area contributed by atoms with E-state index >= 15 is 0 Å². The Kier molecular flexibility index (Phi) is 7.46. The topological polar surface area (TPSA) is 160 Å². The maximum atomic E-state index is 13.0. The molecular weight excluding hydrogens is 494 g/mol. The van der Waals surface area contributed by atoms with Gasteiger partial charge >= 0.3 is 0 Å². The predicted octanol–water partition coefficient (Wildman–Crippen LogP) is 3.69. The molecule has 0 aliphatic rings. The smallest absolute Gasteiger partial charge is 0.298 e. The summed E-state index contributed by atoms with van der Waals surface area (Å²) in [5.41, 5.74) is 6.69. The second-order valence-electron chi connectivity index (χ2n) is 8.39. The van der Waals surface area contributed by atoms with Gasteiger partial charge in [-0.1, -0.05) is 25.1 Å². The minimum atomic E-state index is -4.28. The molecule has 4 rings (SSSR count). The number of anilines is 1. The predicted molar refractivity (Wildman–Crippen MR) is 141 cm³/mol. The van der Waals surface area contributed by atoms with Crippen LogP contribution in [0.2, 0.25) is 0 Å². The number of carbonyl (C=O) groups excluding carboxylic acids is 1. The Morgan fingerprint density at radius 3 is 2.46 bits per heavy atom. The fourth-order valence-corrected chi connectivity index (χ4v) is 4.24. The van der Waals surface area contributed by atoms with Crippen molar-refractivity contribution in [3.8, 4) is 5.75 Å². The second-order valence-corrected chi connectivity index (χ2v) is 9.68. The quantitative estimate of drug-likeness (QED) is 0.128. The van der Waals surface area contributed by atoms with E-state index in [1.165, 1.54) is 0 Å². The number of fused-ring (bicyclic) bond motifs is 1. The number of para-hydroxylation sites is 1. The van der Waals surface area contributed by atoms with Gasteiger partial charge < -0.3 is 14.6 Å². The summed E-state index contributed by atoms with van der Waals surface area (Å²) < 4.78 is 30.8. The molecule has 0 aliphatic heterocycles. The highest BCUT2D eigenvalue weighted by molar-refractivity contribution is 7.87. The maximum Gasteiger partial charge on any atom is 0.298 e. The summed E-state index contributed by atoms with van der Waals surface area (Å²) in [5.74, 6) is -0.238. The summed E-state index contributed by atoms with van der Waals surface area (Å²) in [7, 11) is -4.28. The van der Waals surface area contributed by atoms with Crippen LogP contribution in [0.1, 0.15) is 35.2 Å². The number of hydrogen-bond acceptors (Lipinski definition) is 7. The van der Waals surface area contributed by atoms with E-state index in [1.54, 1.807) is 54.8 Å². The molecule has 0 aliphatic carbocycles. The van der Waals surface area contributed by atoms with Crippen LogP contribution in [0.4, 0.5) is 5.69 Å². The van der Waals surface area contributed by atoms with Crippen molar-refractivity contribution in [2.24, 2.45) is 5.14 Å². The van der Waals surface area contributed by atoms with Gasteiger partial charge in [0.2, 0.25) is 0 Å². The number of nitrogens with two attached hydrogens (primary N) is 1. The third-order valence-corrected chi connectivity index (χ3v) is 6.17. The lowest BCUT2D eigenvalue weighted by atomic mass is 9.98. The fraction of sp³-hybridized carbons (Fsp3) is 0.154. The molecule has 0 saturated heterocycles. The first kappa shape index (κ1) is 25.7. The zero-order chi connectivity index (χ0) is 26.6. The van der Waals surface area contributed by atoms with Gasteiger partial charge in [-0.3, -0.25) is 10.2 Å². The monoisotopic (exact) mass is 521 g/mol. The summed E-state index contributed by atoms with van der Waals surface area (Å²) in [6, 6.07) is 18.2. The lowest BCUT2D eigenvalue weighted by molar-refractivity contribution is -0.120. The minimum absolute atomic E-state index is 0.0346. The average molecular weight is 522 g/mol. The number of aryl methyl sites for hydroxylation is 2. The van der Waals surface area contributed by atoms with E-state index in [1.807, 2.05) is 36.8 Å². The van der Waals surface area contributed by atoms with Crippen LogP contribution in [-0.4, -0.2) is 20.2 Å². The number of furan rings is 1. The van der Waals surface area contributed by atoms with Crippen molar-refractivity contribution in [3.05, 3.63) is 95.2 Å². The molecule has 1 heterocycles. The van der Waals surface area contributed by atoms with Crippen LogP contribution < -0.4 is 25.5 Å². The normalized spacial score (nSPS) is 12.1. The number of hydrogen-bond donors (Lipinski definition) is 5. The van der Waals surface area contributed by atoms with E-state index in [-0.39, 0.29) is 5.84 Å². The molecule has 1 unspecified atom stereocenters. The Hall–Kier alpha value is -4.35. The summed E-state index contributed by atoms with van der Waals surface area (Å²) in [6.07, 6.45) is 2.29. The summed E-state index contributed by atoms with van der Waals surface area (Å²) in [4.78, 5) is 18.4. The second kappa shape index (κ2) is 10.7. The highest BCUT2D eigenvalue weighted by Gasteiger charge is 2.25. The molecule has 0 spiro atoms. The van der Waals surface area contributed by atoms with E-state index in [4.69, 9.17) is 19.8 Å². The molecule has 1 amide bonds. The fourth-order valence-electron chi connectivity index (χ4n) is 3.84. The number of carbonyl (C=O) groups is 1. The Morgan fingerprint density at radius 1 is 1.11 bits per heavy atom. The molecule has 10 nitrogen and oxygen atoms in total. The van der Waals surface area contributed by atoms with Crippen LogP contribution in [0.3, 0.4) is 0 Å². The Morgan fingerprint density at radius 2 is 1.81 bits per heavy atom. The summed E-state index contributed by atoms with van der Waals surface area (Å²) in [6.45, 7) is 3.86. The van der Waals surface area contributed by atoms with Crippen LogP contribution in [0.15, 0.2) is 77.4 Å². The van der Waals surface area contributed by atoms with Crippen LogP contribution in [0.5, 0.6) is 5.75 Å². The standard InChI is InChI=1S/C26H27N5O5S/c1-3-17-13-19(14-22-16(2)15-35-24(17)22)23(26(32)31-37(28,33)34)29-20-11-9-18(10-12-20)25(27)30-36-21-7-5-4-6-8-21/h4-15,23,29H,3H2,1-2H3,(H2,27,30)(H,31,32)(H2,28,33,34). The zero-order valence-corrected chi connectivity index (χ0v) is 21.1. The third-order valence-electron chi connectivity index (χ3n) is 5.68. The van der Waals surface area contributed by atoms with Crippen molar-refractivity contribution in [2.45, 2.75) is 26.3 Å². The Balaban J connectivity index is 1.59. The minimum Gasteiger partial charge on any atom is -0.464 e. The molecular formula is C26H27N5O5S. The average Bonchev–Trinajstić information content (AvgIpc) is 3.25. The van der Waals surface area contributed by atoms with Gasteiger partial charge in [0.05, 0.1) is 6.26 Å².